The first-order chi connectivity index (χ1) is 8.19. The summed E-state index contributed by atoms with van der Waals surface area (Å²) < 4.78 is 5.22. The molecule has 1 amide bonds. The Labute approximate surface area is 101 Å². The van der Waals surface area contributed by atoms with Gasteiger partial charge in [0.15, 0.2) is 0 Å². The molecule has 0 aromatic heterocycles. The summed E-state index contributed by atoms with van der Waals surface area (Å²) in [6.07, 6.45) is 0.574. The van der Waals surface area contributed by atoms with E-state index in [-0.39, 0.29) is 5.91 Å². The number of aryl methyl sites for hydroxylation is 1. The Bertz CT molecular complexity index is 414. The minimum absolute atomic E-state index is 0.0559. The zero-order chi connectivity index (χ0) is 12.3. The standard InChI is InChI=1S/C13H18N2O2/c1-9-3-4-12(17-2)11(5-9)15-13(16)6-10-7-14-8-10/h3-5,10,14H,6-8H2,1-2H3,(H,15,16). The molecule has 2 N–H and O–H groups in total. The Morgan fingerprint density at radius 1 is 1.53 bits per heavy atom. The summed E-state index contributed by atoms with van der Waals surface area (Å²) in [7, 11) is 1.61. The zero-order valence-corrected chi connectivity index (χ0v) is 10.2. The molecule has 17 heavy (non-hydrogen) atoms. The topological polar surface area (TPSA) is 50.4 Å². The number of hydrogen-bond donors (Lipinski definition) is 2. The van der Waals surface area contributed by atoms with Gasteiger partial charge in [-0.3, -0.25) is 4.79 Å². The Balaban J connectivity index is 2.00. The number of methoxy groups -OCH3 is 1. The second kappa shape index (κ2) is 5.19. The number of benzene rings is 1. The molecule has 0 unspecified atom stereocenters. The Hall–Kier alpha value is -1.55. The number of amides is 1. The van der Waals surface area contributed by atoms with Gasteiger partial charge >= 0.3 is 0 Å². The predicted octanol–water partition coefficient (Wildman–Crippen LogP) is 1.55. The van der Waals surface area contributed by atoms with E-state index in [1.807, 2.05) is 25.1 Å². The summed E-state index contributed by atoms with van der Waals surface area (Å²) >= 11 is 0. The summed E-state index contributed by atoms with van der Waals surface area (Å²) in [5.74, 6) is 1.24. The average molecular weight is 234 g/mol. The summed E-state index contributed by atoms with van der Waals surface area (Å²) in [6, 6.07) is 5.76. The fraction of sp³-hybridized carbons (Fsp3) is 0.462. The number of rotatable bonds is 4. The van der Waals surface area contributed by atoms with Gasteiger partial charge in [-0.25, -0.2) is 0 Å². The maximum Gasteiger partial charge on any atom is 0.224 e. The van der Waals surface area contributed by atoms with Crippen molar-refractivity contribution >= 4 is 11.6 Å². The van der Waals surface area contributed by atoms with Crippen molar-refractivity contribution in [1.29, 1.82) is 0 Å². The number of carbonyl (C=O) groups excluding carboxylic acids is 1. The third kappa shape index (κ3) is 2.97. The van der Waals surface area contributed by atoms with E-state index in [0.717, 1.165) is 24.3 Å². The first-order valence-corrected chi connectivity index (χ1v) is 5.84. The average Bonchev–Trinajstić information content (AvgIpc) is 2.24. The van der Waals surface area contributed by atoms with Crippen LogP contribution in [0, 0.1) is 12.8 Å². The van der Waals surface area contributed by atoms with Crippen molar-refractivity contribution in [2.75, 3.05) is 25.5 Å². The van der Waals surface area contributed by atoms with Gasteiger partial charge in [0.2, 0.25) is 5.91 Å². The molecule has 1 aromatic carbocycles. The van der Waals surface area contributed by atoms with Crippen molar-refractivity contribution < 1.29 is 9.53 Å². The summed E-state index contributed by atoms with van der Waals surface area (Å²) in [5, 5.41) is 6.07. The van der Waals surface area contributed by atoms with Crippen molar-refractivity contribution in [2.24, 2.45) is 5.92 Å². The first kappa shape index (κ1) is 11.9. The van der Waals surface area contributed by atoms with Crippen LogP contribution in [-0.2, 0) is 4.79 Å². The normalized spacial score (nSPS) is 15.2. The smallest absolute Gasteiger partial charge is 0.224 e. The lowest BCUT2D eigenvalue weighted by atomic mass is 9.99. The highest BCUT2D eigenvalue weighted by Gasteiger charge is 2.20. The largest absolute Gasteiger partial charge is 0.495 e. The summed E-state index contributed by atoms with van der Waals surface area (Å²) in [5.41, 5.74) is 1.86. The maximum atomic E-state index is 11.8. The van der Waals surface area contributed by atoms with Gasteiger partial charge in [0.1, 0.15) is 5.75 Å². The molecule has 2 rings (SSSR count). The first-order valence-electron chi connectivity index (χ1n) is 5.84. The van der Waals surface area contributed by atoms with Gasteiger partial charge < -0.3 is 15.4 Å². The van der Waals surface area contributed by atoms with Crippen LogP contribution in [0.1, 0.15) is 12.0 Å². The molecule has 1 fully saturated rings. The highest BCUT2D eigenvalue weighted by Crippen LogP contribution is 2.25. The van der Waals surface area contributed by atoms with E-state index in [9.17, 15) is 4.79 Å². The van der Waals surface area contributed by atoms with Crippen LogP contribution in [0.25, 0.3) is 0 Å². The van der Waals surface area contributed by atoms with E-state index in [1.165, 1.54) is 0 Å². The number of carbonyl (C=O) groups is 1. The molecule has 0 saturated carbocycles. The molecule has 0 radical (unpaired) electrons. The molecule has 1 aromatic rings. The van der Waals surface area contributed by atoms with Crippen LogP contribution in [0.2, 0.25) is 0 Å². The Morgan fingerprint density at radius 2 is 2.29 bits per heavy atom. The third-order valence-corrected chi connectivity index (χ3v) is 2.97. The number of ether oxygens (including phenoxy) is 1. The fourth-order valence-electron chi connectivity index (χ4n) is 1.88. The maximum absolute atomic E-state index is 11.8. The Kier molecular flexibility index (Phi) is 3.64. The molecule has 92 valence electrons. The van der Waals surface area contributed by atoms with Crippen LogP contribution in [-0.4, -0.2) is 26.1 Å². The van der Waals surface area contributed by atoms with Gasteiger partial charge in [-0.2, -0.15) is 0 Å². The number of hydrogen-bond acceptors (Lipinski definition) is 3. The fourth-order valence-corrected chi connectivity index (χ4v) is 1.88. The van der Waals surface area contributed by atoms with Gasteiger partial charge in [-0.1, -0.05) is 6.07 Å². The van der Waals surface area contributed by atoms with E-state index >= 15 is 0 Å². The third-order valence-electron chi connectivity index (χ3n) is 2.97. The van der Waals surface area contributed by atoms with Crippen molar-refractivity contribution in [1.82, 2.24) is 5.32 Å². The van der Waals surface area contributed by atoms with E-state index in [1.54, 1.807) is 7.11 Å². The van der Waals surface area contributed by atoms with Gasteiger partial charge in [-0.05, 0) is 43.6 Å². The molecular weight excluding hydrogens is 216 g/mol. The molecule has 1 saturated heterocycles. The van der Waals surface area contributed by atoms with Crippen LogP contribution in [0.4, 0.5) is 5.69 Å². The lowest BCUT2D eigenvalue weighted by Gasteiger charge is -2.26. The SMILES string of the molecule is COc1ccc(C)cc1NC(=O)CC1CNC1. The van der Waals surface area contributed by atoms with Gasteiger partial charge in [0.05, 0.1) is 12.8 Å². The molecular formula is C13H18N2O2. The van der Waals surface area contributed by atoms with Crippen LogP contribution < -0.4 is 15.4 Å². The zero-order valence-electron chi connectivity index (χ0n) is 10.2. The second-order valence-corrected chi connectivity index (χ2v) is 4.48. The van der Waals surface area contributed by atoms with Gasteiger partial charge in [0, 0.05) is 6.42 Å². The molecule has 1 heterocycles. The quantitative estimate of drug-likeness (QED) is 0.831. The van der Waals surface area contributed by atoms with Crippen molar-refractivity contribution in [3.63, 3.8) is 0 Å². The van der Waals surface area contributed by atoms with Crippen molar-refractivity contribution in [3.05, 3.63) is 23.8 Å². The minimum Gasteiger partial charge on any atom is -0.495 e. The van der Waals surface area contributed by atoms with Crippen molar-refractivity contribution in [2.45, 2.75) is 13.3 Å². The molecule has 1 aliphatic rings. The van der Waals surface area contributed by atoms with Crippen LogP contribution >= 0.6 is 0 Å². The van der Waals surface area contributed by atoms with Crippen molar-refractivity contribution in [3.8, 4) is 5.75 Å². The van der Waals surface area contributed by atoms with Gasteiger partial charge in [0.25, 0.3) is 0 Å². The molecule has 4 heteroatoms. The lowest BCUT2D eigenvalue weighted by molar-refractivity contribution is -0.117. The molecule has 0 bridgehead atoms. The highest BCUT2D eigenvalue weighted by atomic mass is 16.5. The molecule has 0 aliphatic carbocycles. The lowest BCUT2D eigenvalue weighted by Crippen LogP contribution is -2.43. The van der Waals surface area contributed by atoms with E-state index < -0.39 is 0 Å². The van der Waals surface area contributed by atoms with Gasteiger partial charge in [-0.15, -0.1) is 0 Å². The minimum atomic E-state index is 0.0559. The number of nitrogens with one attached hydrogen (secondary N) is 2. The van der Waals surface area contributed by atoms with Crippen LogP contribution in [0.15, 0.2) is 18.2 Å². The molecule has 0 atom stereocenters. The highest BCUT2D eigenvalue weighted by molar-refractivity contribution is 5.92. The van der Waals surface area contributed by atoms with E-state index in [0.29, 0.717) is 18.1 Å². The van der Waals surface area contributed by atoms with Crippen LogP contribution in [0.5, 0.6) is 5.75 Å². The predicted molar refractivity (Wildman–Crippen MR) is 67.3 cm³/mol. The van der Waals surface area contributed by atoms with E-state index in [2.05, 4.69) is 10.6 Å². The molecule has 4 nitrogen and oxygen atoms in total. The molecule has 0 spiro atoms. The second-order valence-electron chi connectivity index (χ2n) is 4.48. The molecule has 1 aliphatic heterocycles. The van der Waals surface area contributed by atoms with E-state index in [4.69, 9.17) is 4.74 Å². The monoisotopic (exact) mass is 234 g/mol. The number of anilines is 1. The summed E-state index contributed by atoms with van der Waals surface area (Å²) in [6.45, 7) is 3.88. The Morgan fingerprint density at radius 3 is 2.88 bits per heavy atom. The summed E-state index contributed by atoms with van der Waals surface area (Å²) in [4.78, 5) is 11.8. The van der Waals surface area contributed by atoms with Crippen LogP contribution in [0.3, 0.4) is 0 Å².